The van der Waals surface area contributed by atoms with Crippen LogP contribution in [0.5, 0.6) is 0 Å². The summed E-state index contributed by atoms with van der Waals surface area (Å²) in [7, 11) is 0. The highest BCUT2D eigenvalue weighted by molar-refractivity contribution is 5.40. The highest BCUT2D eigenvalue weighted by Gasteiger charge is 2.17. The zero-order chi connectivity index (χ0) is 10.7. The Labute approximate surface area is 91.9 Å². The first-order chi connectivity index (χ1) is 7.25. The molecule has 2 rings (SSSR count). The molecule has 1 aromatic carbocycles. The smallest absolute Gasteiger partial charge is 0.0314 e. The Morgan fingerprint density at radius 2 is 1.80 bits per heavy atom. The van der Waals surface area contributed by atoms with Crippen LogP contribution in [0.2, 0.25) is 0 Å². The van der Waals surface area contributed by atoms with Crippen LogP contribution < -0.4 is 11.1 Å². The lowest BCUT2D eigenvalue weighted by Crippen LogP contribution is -2.28. The van der Waals surface area contributed by atoms with Gasteiger partial charge >= 0.3 is 0 Å². The van der Waals surface area contributed by atoms with Gasteiger partial charge in [0, 0.05) is 17.8 Å². The predicted molar refractivity (Wildman–Crippen MR) is 64.7 cm³/mol. The van der Waals surface area contributed by atoms with Crippen LogP contribution >= 0.6 is 0 Å². The van der Waals surface area contributed by atoms with E-state index < -0.39 is 0 Å². The van der Waals surface area contributed by atoms with Gasteiger partial charge in [0.2, 0.25) is 0 Å². The molecule has 1 saturated carbocycles. The Kier molecular flexibility index (Phi) is 3.27. The number of hydrogen-bond donors (Lipinski definition) is 2. The van der Waals surface area contributed by atoms with Crippen LogP contribution in [-0.4, -0.2) is 6.04 Å². The zero-order valence-corrected chi connectivity index (χ0v) is 9.37. The SMILES string of the molecule is CC(NC1CCCC1)c1ccc(N)cc1. The van der Waals surface area contributed by atoms with Gasteiger partial charge in [-0.15, -0.1) is 0 Å². The van der Waals surface area contributed by atoms with Gasteiger partial charge in [-0.3, -0.25) is 0 Å². The van der Waals surface area contributed by atoms with E-state index in [-0.39, 0.29) is 0 Å². The van der Waals surface area contributed by atoms with E-state index in [0.717, 1.165) is 11.7 Å². The van der Waals surface area contributed by atoms with Crippen LogP contribution in [0.1, 0.15) is 44.2 Å². The van der Waals surface area contributed by atoms with Crippen LogP contribution in [-0.2, 0) is 0 Å². The first-order valence-corrected chi connectivity index (χ1v) is 5.87. The largest absolute Gasteiger partial charge is 0.399 e. The van der Waals surface area contributed by atoms with Crippen molar-refractivity contribution in [1.29, 1.82) is 0 Å². The Morgan fingerprint density at radius 1 is 1.20 bits per heavy atom. The van der Waals surface area contributed by atoms with Crippen molar-refractivity contribution in [2.75, 3.05) is 5.73 Å². The van der Waals surface area contributed by atoms with Crippen molar-refractivity contribution in [2.24, 2.45) is 0 Å². The third-order valence-corrected chi connectivity index (χ3v) is 3.28. The molecule has 3 N–H and O–H groups in total. The molecule has 0 amide bonds. The van der Waals surface area contributed by atoms with E-state index in [1.54, 1.807) is 0 Å². The van der Waals surface area contributed by atoms with Gasteiger partial charge in [0.15, 0.2) is 0 Å². The first kappa shape index (κ1) is 10.5. The molecule has 1 fully saturated rings. The fourth-order valence-corrected chi connectivity index (χ4v) is 2.33. The lowest BCUT2D eigenvalue weighted by molar-refractivity contribution is 0.461. The number of rotatable bonds is 3. The molecular weight excluding hydrogens is 184 g/mol. The lowest BCUT2D eigenvalue weighted by Gasteiger charge is -2.19. The second-order valence-corrected chi connectivity index (χ2v) is 4.54. The standard InChI is InChI=1S/C13H20N2/c1-10(15-13-4-2-3-5-13)11-6-8-12(14)9-7-11/h6-10,13,15H,2-5,14H2,1H3. The minimum atomic E-state index is 0.439. The third-order valence-electron chi connectivity index (χ3n) is 3.28. The molecule has 0 bridgehead atoms. The van der Waals surface area contributed by atoms with Gasteiger partial charge in [-0.2, -0.15) is 0 Å². The zero-order valence-electron chi connectivity index (χ0n) is 9.37. The summed E-state index contributed by atoms with van der Waals surface area (Å²) < 4.78 is 0. The fraction of sp³-hybridized carbons (Fsp3) is 0.538. The molecule has 1 aliphatic carbocycles. The maximum atomic E-state index is 5.67. The van der Waals surface area contributed by atoms with E-state index in [1.807, 2.05) is 12.1 Å². The number of anilines is 1. The summed E-state index contributed by atoms with van der Waals surface area (Å²) in [4.78, 5) is 0. The molecule has 15 heavy (non-hydrogen) atoms. The average Bonchev–Trinajstić information content (AvgIpc) is 2.71. The molecule has 2 heteroatoms. The molecule has 1 unspecified atom stereocenters. The van der Waals surface area contributed by atoms with Crippen molar-refractivity contribution in [3.63, 3.8) is 0 Å². The molecule has 1 atom stereocenters. The van der Waals surface area contributed by atoms with Crippen molar-refractivity contribution in [2.45, 2.75) is 44.7 Å². The molecular formula is C13H20N2. The quantitative estimate of drug-likeness (QED) is 0.743. The molecule has 1 aromatic rings. The molecule has 0 heterocycles. The van der Waals surface area contributed by atoms with Gasteiger partial charge in [-0.1, -0.05) is 25.0 Å². The maximum absolute atomic E-state index is 5.67. The van der Waals surface area contributed by atoms with Gasteiger partial charge < -0.3 is 11.1 Å². The van der Waals surface area contributed by atoms with E-state index in [2.05, 4.69) is 24.4 Å². The first-order valence-electron chi connectivity index (χ1n) is 5.87. The van der Waals surface area contributed by atoms with E-state index in [9.17, 15) is 0 Å². The molecule has 2 nitrogen and oxygen atoms in total. The third kappa shape index (κ3) is 2.72. The molecule has 0 aliphatic heterocycles. The van der Waals surface area contributed by atoms with Crippen LogP contribution in [0.3, 0.4) is 0 Å². The number of nitrogens with one attached hydrogen (secondary N) is 1. The fourth-order valence-electron chi connectivity index (χ4n) is 2.33. The van der Waals surface area contributed by atoms with Gasteiger partial charge in [-0.05, 0) is 37.5 Å². The van der Waals surface area contributed by atoms with Crippen molar-refractivity contribution >= 4 is 5.69 Å². The van der Waals surface area contributed by atoms with Crippen molar-refractivity contribution in [1.82, 2.24) is 5.32 Å². The van der Waals surface area contributed by atoms with Crippen molar-refractivity contribution in [3.8, 4) is 0 Å². The summed E-state index contributed by atoms with van der Waals surface area (Å²) in [6, 6.07) is 9.33. The van der Waals surface area contributed by atoms with Gasteiger partial charge in [0.05, 0.1) is 0 Å². The topological polar surface area (TPSA) is 38.0 Å². The summed E-state index contributed by atoms with van der Waals surface area (Å²) in [6.45, 7) is 2.23. The van der Waals surface area contributed by atoms with E-state index >= 15 is 0 Å². The number of nitrogens with two attached hydrogens (primary N) is 1. The monoisotopic (exact) mass is 204 g/mol. The number of hydrogen-bond acceptors (Lipinski definition) is 2. The Balaban J connectivity index is 1.94. The highest BCUT2D eigenvalue weighted by Crippen LogP contribution is 2.22. The highest BCUT2D eigenvalue weighted by atomic mass is 14.9. The average molecular weight is 204 g/mol. The van der Waals surface area contributed by atoms with Crippen LogP contribution in [0.4, 0.5) is 5.69 Å². The minimum absolute atomic E-state index is 0.439. The Bertz CT molecular complexity index is 299. The summed E-state index contributed by atoms with van der Waals surface area (Å²) in [5.41, 5.74) is 7.84. The molecule has 0 spiro atoms. The molecule has 0 saturated heterocycles. The van der Waals surface area contributed by atoms with Gasteiger partial charge in [0.1, 0.15) is 0 Å². The number of benzene rings is 1. The van der Waals surface area contributed by atoms with Crippen LogP contribution in [0.15, 0.2) is 24.3 Å². The molecule has 0 aromatic heterocycles. The predicted octanol–water partition coefficient (Wildman–Crippen LogP) is 2.86. The normalized spacial score (nSPS) is 19.3. The second kappa shape index (κ2) is 4.67. The summed E-state index contributed by atoms with van der Waals surface area (Å²) in [6.07, 6.45) is 5.43. The summed E-state index contributed by atoms with van der Waals surface area (Å²) in [5, 5.41) is 3.67. The van der Waals surface area contributed by atoms with Gasteiger partial charge in [0.25, 0.3) is 0 Å². The minimum Gasteiger partial charge on any atom is -0.399 e. The molecule has 82 valence electrons. The Hall–Kier alpha value is -1.02. The van der Waals surface area contributed by atoms with Crippen LogP contribution in [0.25, 0.3) is 0 Å². The number of nitrogen functional groups attached to an aromatic ring is 1. The van der Waals surface area contributed by atoms with E-state index in [4.69, 9.17) is 5.73 Å². The van der Waals surface area contributed by atoms with Crippen molar-refractivity contribution in [3.05, 3.63) is 29.8 Å². The van der Waals surface area contributed by atoms with Crippen LogP contribution in [0, 0.1) is 0 Å². The second-order valence-electron chi connectivity index (χ2n) is 4.54. The van der Waals surface area contributed by atoms with Gasteiger partial charge in [-0.25, -0.2) is 0 Å². The molecule has 0 radical (unpaired) electrons. The van der Waals surface area contributed by atoms with E-state index in [0.29, 0.717) is 6.04 Å². The maximum Gasteiger partial charge on any atom is 0.0314 e. The lowest BCUT2D eigenvalue weighted by atomic mass is 10.1. The van der Waals surface area contributed by atoms with E-state index in [1.165, 1.54) is 31.2 Å². The molecule has 1 aliphatic rings. The Morgan fingerprint density at radius 3 is 2.40 bits per heavy atom. The summed E-state index contributed by atoms with van der Waals surface area (Å²) in [5.74, 6) is 0. The summed E-state index contributed by atoms with van der Waals surface area (Å²) >= 11 is 0. The van der Waals surface area contributed by atoms with Crippen molar-refractivity contribution < 1.29 is 0 Å².